The highest BCUT2D eigenvalue weighted by atomic mass is 14.8. The van der Waals surface area contributed by atoms with E-state index in [1.807, 2.05) is 14.0 Å². The Morgan fingerprint density at radius 3 is 2.60 bits per heavy atom. The van der Waals surface area contributed by atoms with Crippen LogP contribution in [0.4, 0.5) is 0 Å². The van der Waals surface area contributed by atoms with Crippen molar-refractivity contribution in [1.29, 1.82) is 0 Å². The molecule has 0 saturated heterocycles. The van der Waals surface area contributed by atoms with Gasteiger partial charge < -0.3 is 11.1 Å². The molecule has 0 aliphatic carbocycles. The molecule has 0 heterocycles. The molecule has 56 valence electrons. The van der Waals surface area contributed by atoms with Crippen LogP contribution in [-0.2, 0) is 0 Å². The third-order valence-electron chi connectivity index (χ3n) is 1.22. The maximum absolute atomic E-state index is 5.60. The van der Waals surface area contributed by atoms with E-state index in [0.29, 0.717) is 0 Å². The van der Waals surface area contributed by atoms with Crippen molar-refractivity contribution >= 4 is 0 Å². The fourth-order valence-electron chi connectivity index (χ4n) is 0.441. The van der Waals surface area contributed by atoms with E-state index >= 15 is 0 Å². The molecule has 0 aromatic rings. The van der Waals surface area contributed by atoms with Crippen LogP contribution in [0.3, 0.4) is 0 Å². The first-order valence-electron chi connectivity index (χ1n) is 3.15. The van der Waals surface area contributed by atoms with Crippen molar-refractivity contribution in [2.75, 3.05) is 7.05 Å². The van der Waals surface area contributed by atoms with Gasteiger partial charge in [0.15, 0.2) is 0 Å². The van der Waals surface area contributed by atoms with Crippen molar-refractivity contribution in [2.24, 2.45) is 5.73 Å². The van der Waals surface area contributed by atoms with E-state index in [1.165, 1.54) is 0 Å². The van der Waals surface area contributed by atoms with E-state index in [4.69, 9.17) is 5.73 Å². The van der Waals surface area contributed by atoms with Gasteiger partial charge in [-0.3, -0.25) is 0 Å². The Bertz CT molecular complexity index is 166. The fourth-order valence-corrected chi connectivity index (χ4v) is 0.441. The summed E-state index contributed by atoms with van der Waals surface area (Å²) in [5, 5.41) is 2.94. The van der Waals surface area contributed by atoms with Gasteiger partial charge in [-0.25, -0.2) is 0 Å². The zero-order valence-electron chi connectivity index (χ0n) is 6.52. The summed E-state index contributed by atoms with van der Waals surface area (Å²) in [6, 6.07) is 0. The molecule has 0 unspecified atom stereocenters. The molecule has 0 saturated carbocycles. The quantitative estimate of drug-likeness (QED) is 0.574. The van der Waals surface area contributed by atoms with E-state index in [0.717, 1.165) is 11.4 Å². The van der Waals surface area contributed by atoms with Crippen LogP contribution in [-0.4, -0.2) is 7.05 Å². The minimum absolute atomic E-state index is 0.738. The Hall–Kier alpha value is -1.18. The van der Waals surface area contributed by atoms with E-state index in [-0.39, 0.29) is 0 Å². The summed E-state index contributed by atoms with van der Waals surface area (Å²) in [6.07, 6.45) is 5.30. The summed E-state index contributed by atoms with van der Waals surface area (Å²) in [4.78, 5) is 0. The van der Waals surface area contributed by atoms with Crippen LogP contribution >= 0.6 is 0 Å². The summed E-state index contributed by atoms with van der Waals surface area (Å²) >= 11 is 0. The second-order valence-corrected chi connectivity index (χ2v) is 1.93. The molecule has 0 aliphatic heterocycles. The molecule has 0 fully saturated rings. The predicted molar refractivity (Wildman–Crippen MR) is 45.3 cm³/mol. The highest BCUT2D eigenvalue weighted by Gasteiger charge is 1.86. The van der Waals surface area contributed by atoms with Crippen LogP contribution in [0.5, 0.6) is 0 Å². The SMILES string of the molecule is C=C/C=C\C(N)=C(/C)NC. The maximum Gasteiger partial charge on any atom is 0.0503 e. The normalized spacial score (nSPS) is 13.0. The van der Waals surface area contributed by atoms with Crippen molar-refractivity contribution in [3.05, 3.63) is 36.2 Å². The van der Waals surface area contributed by atoms with Crippen molar-refractivity contribution < 1.29 is 0 Å². The minimum Gasteiger partial charge on any atom is -0.397 e. The average molecular weight is 138 g/mol. The Balaban J connectivity index is 4.17. The highest BCUT2D eigenvalue weighted by molar-refractivity contribution is 5.22. The number of nitrogens with one attached hydrogen (secondary N) is 1. The van der Waals surface area contributed by atoms with Gasteiger partial charge in [-0.1, -0.05) is 18.7 Å². The van der Waals surface area contributed by atoms with Crippen molar-refractivity contribution in [2.45, 2.75) is 6.92 Å². The van der Waals surface area contributed by atoms with Crippen molar-refractivity contribution in [3.8, 4) is 0 Å². The number of rotatable bonds is 3. The van der Waals surface area contributed by atoms with Crippen LogP contribution in [0.2, 0.25) is 0 Å². The molecular weight excluding hydrogens is 124 g/mol. The Morgan fingerprint density at radius 1 is 1.60 bits per heavy atom. The summed E-state index contributed by atoms with van der Waals surface area (Å²) in [5.41, 5.74) is 7.31. The third kappa shape index (κ3) is 2.97. The van der Waals surface area contributed by atoms with Gasteiger partial charge >= 0.3 is 0 Å². The first kappa shape index (κ1) is 8.82. The van der Waals surface area contributed by atoms with E-state index in [9.17, 15) is 0 Å². The van der Waals surface area contributed by atoms with Crippen LogP contribution < -0.4 is 11.1 Å². The topological polar surface area (TPSA) is 38.0 Å². The van der Waals surface area contributed by atoms with Gasteiger partial charge in [0.1, 0.15) is 0 Å². The van der Waals surface area contributed by atoms with Gasteiger partial charge in [0.05, 0.1) is 5.70 Å². The Labute approximate surface area is 62.1 Å². The summed E-state index contributed by atoms with van der Waals surface area (Å²) in [5.74, 6) is 0. The van der Waals surface area contributed by atoms with Gasteiger partial charge in [-0.15, -0.1) is 0 Å². The highest BCUT2D eigenvalue weighted by Crippen LogP contribution is 1.93. The molecule has 0 amide bonds. The molecule has 0 spiro atoms. The molecule has 3 N–H and O–H groups in total. The minimum atomic E-state index is 0.738. The molecule has 0 aliphatic rings. The van der Waals surface area contributed by atoms with Gasteiger partial charge in [0, 0.05) is 12.7 Å². The third-order valence-corrected chi connectivity index (χ3v) is 1.22. The standard InChI is InChI=1S/C8H14N2/c1-4-5-6-8(9)7(2)10-3/h4-6,10H,1,9H2,2-3H3/b6-5-,8-7-. The molecule has 10 heavy (non-hydrogen) atoms. The predicted octanol–water partition coefficient (Wildman–Crippen LogP) is 1.14. The van der Waals surface area contributed by atoms with Gasteiger partial charge in [0.25, 0.3) is 0 Å². The molecule has 2 heteroatoms. The monoisotopic (exact) mass is 138 g/mol. The largest absolute Gasteiger partial charge is 0.397 e. The molecule has 0 bridgehead atoms. The van der Waals surface area contributed by atoms with E-state index in [1.54, 1.807) is 18.2 Å². The zero-order chi connectivity index (χ0) is 7.98. The van der Waals surface area contributed by atoms with Crippen LogP contribution in [0.25, 0.3) is 0 Å². The molecule has 0 atom stereocenters. The second kappa shape index (κ2) is 4.68. The van der Waals surface area contributed by atoms with Crippen LogP contribution in [0.15, 0.2) is 36.2 Å². The van der Waals surface area contributed by atoms with Crippen LogP contribution in [0.1, 0.15) is 6.92 Å². The Kier molecular flexibility index (Phi) is 4.12. The van der Waals surface area contributed by atoms with Crippen molar-refractivity contribution in [3.63, 3.8) is 0 Å². The summed E-state index contributed by atoms with van der Waals surface area (Å²) in [7, 11) is 1.84. The van der Waals surface area contributed by atoms with E-state index < -0.39 is 0 Å². The number of nitrogens with two attached hydrogens (primary N) is 1. The molecule has 0 rings (SSSR count). The lowest BCUT2D eigenvalue weighted by Crippen LogP contribution is -2.09. The first-order valence-corrected chi connectivity index (χ1v) is 3.15. The average Bonchev–Trinajstić information content (AvgIpc) is 1.98. The van der Waals surface area contributed by atoms with Crippen LogP contribution in [0, 0.1) is 0 Å². The van der Waals surface area contributed by atoms with Crippen molar-refractivity contribution in [1.82, 2.24) is 5.32 Å². The van der Waals surface area contributed by atoms with Gasteiger partial charge in [-0.2, -0.15) is 0 Å². The Morgan fingerprint density at radius 2 is 2.20 bits per heavy atom. The number of hydrogen-bond acceptors (Lipinski definition) is 2. The lowest BCUT2D eigenvalue weighted by molar-refractivity contribution is 0.963. The number of allylic oxidation sites excluding steroid dienone is 4. The zero-order valence-corrected chi connectivity index (χ0v) is 6.52. The maximum atomic E-state index is 5.60. The van der Waals surface area contributed by atoms with Gasteiger partial charge in [0.2, 0.25) is 0 Å². The molecule has 0 aromatic carbocycles. The molecule has 0 aromatic heterocycles. The molecule has 2 nitrogen and oxygen atoms in total. The molecule has 0 radical (unpaired) electrons. The summed E-state index contributed by atoms with van der Waals surface area (Å²) in [6.45, 7) is 5.45. The molecular formula is C8H14N2. The fraction of sp³-hybridized carbons (Fsp3) is 0.250. The summed E-state index contributed by atoms with van der Waals surface area (Å²) < 4.78 is 0. The van der Waals surface area contributed by atoms with E-state index in [2.05, 4.69) is 11.9 Å². The number of hydrogen-bond donors (Lipinski definition) is 2. The van der Waals surface area contributed by atoms with Gasteiger partial charge in [-0.05, 0) is 13.0 Å². The second-order valence-electron chi connectivity index (χ2n) is 1.93. The first-order chi connectivity index (χ1) is 4.72. The lowest BCUT2D eigenvalue weighted by Gasteiger charge is -2.00. The smallest absolute Gasteiger partial charge is 0.0503 e. The lowest BCUT2D eigenvalue weighted by atomic mass is 10.3.